The zero-order valence-corrected chi connectivity index (χ0v) is 15.0. The van der Waals surface area contributed by atoms with Crippen molar-refractivity contribution in [3.63, 3.8) is 0 Å². The Morgan fingerprint density at radius 1 is 1.04 bits per heavy atom. The van der Waals surface area contributed by atoms with E-state index in [4.69, 9.17) is 0 Å². The van der Waals surface area contributed by atoms with Gasteiger partial charge in [-0.2, -0.15) is 0 Å². The molecule has 0 aliphatic heterocycles. The Labute approximate surface area is 150 Å². The summed E-state index contributed by atoms with van der Waals surface area (Å²) in [7, 11) is 0. The summed E-state index contributed by atoms with van der Waals surface area (Å²) in [6, 6.07) is 6.94. The van der Waals surface area contributed by atoms with E-state index in [1.54, 1.807) is 43.4 Å². The molecule has 132 valence electrons. The number of hydrogen-bond acceptors (Lipinski definition) is 3. The van der Waals surface area contributed by atoms with E-state index in [9.17, 15) is 15.3 Å². The predicted octanol–water partition coefficient (Wildman–Crippen LogP) is 5.80. The van der Waals surface area contributed by atoms with Gasteiger partial charge in [0.15, 0.2) is 0 Å². The van der Waals surface area contributed by atoms with E-state index in [0.717, 1.165) is 16.7 Å². The minimum Gasteiger partial charge on any atom is -0.513 e. The first kappa shape index (κ1) is 20.1. The third kappa shape index (κ3) is 5.01. The third-order valence-corrected chi connectivity index (χ3v) is 4.09. The summed E-state index contributed by atoms with van der Waals surface area (Å²) in [6.45, 7) is 12.9. The van der Waals surface area contributed by atoms with Crippen LogP contribution < -0.4 is 0 Å². The van der Waals surface area contributed by atoms with Crippen LogP contribution in [0.1, 0.15) is 26.3 Å². The van der Waals surface area contributed by atoms with Crippen LogP contribution in [0.25, 0.3) is 0 Å². The summed E-state index contributed by atoms with van der Waals surface area (Å²) in [5.74, 6) is 0.332. The van der Waals surface area contributed by atoms with Gasteiger partial charge in [-0.25, -0.2) is 0 Å². The fourth-order valence-corrected chi connectivity index (χ4v) is 2.68. The third-order valence-electron chi connectivity index (χ3n) is 4.09. The van der Waals surface area contributed by atoms with Gasteiger partial charge < -0.3 is 15.3 Å². The van der Waals surface area contributed by atoms with Gasteiger partial charge in [0.1, 0.15) is 11.5 Å². The first-order valence-corrected chi connectivity index (χ1v) is 7.98. The minimum atomic E-state index is -0.609. The van der Waals surface area contributed by atoms with Gasteiger partial charge in [0, 0.05) is 5.41 Å². The summed E-state index contributed by atoms with van der Waals surface area (Å²) in [5, 5.41) is 28.6. The smallest absolute Gasteiger partial charge is 0.115 e. The molecule has 0 aliphatic rings. The van der Waals surface area contributed by atoms with Crippen molar-refractivity contribution in [2.75, 3.05) is 0 Å². The van der Waals surface area contributed by atoms with E-state index in [1.165, 1.54) is 6.08 Å². The lowest BCUT2D eigenvalue weighted by molar-refractivity contribution is 0.414. The molecule has 0 radical (unpaired) electrons. The van der Waals surface area contributed by atoms with Crippen molar-refractivity contribution in [1.29, 1.82) is 0 Å². The van der Waals surface area contributed by atoms with Crippen molar-refractivity contribution >= 4 is 0 Å². The SMILES string of the molecule is C=C/C(=C\C=C(/C)O)C(C)(C(/C=C\C(=C)O)=C/C)c1ccc(O)cc1. The van der Waals surface area contributed by atoms with Gasteiger partial charge in [0.2, 0.25) is 0 Å². The molecule has 1 aromatic carbocycles. The molecule has 0 aliphatic carbocycles. The summed E-state index contributed by atoms with van der Waals surface area (Å²) in [5.41, 5.74) is 2.08. The highest BCUT2D eigenvalue weighted by atomic mass is 16.3. The first-order valence-electron chi connectivity index (χ1n) is 7.98. The Kier molecular flexibility index (Phi) is 7.06. The van der Waals surface area contributed by atoms with E-state index in [1.807, 2.05) is 32.1 Å². The summed E-state index contributed by atoms with van der Waals surface area (Å²) < 4.78 is 0. The fourth-order valence-electron chi connectivity index (χ4n) is 2.68. The van der Waals surface area contributed by atoms with Crippen LogP contribution in [0.5, 0.6) is 5.75 Å². The summed E-state index contributed by atoms with van der Waals surface area (Å²) >= 11 is 0. The molecule has 1 atom stereocenters. The van der Waals surface area contributed by atoms with Crippen molar-refractivity contribution in [3.05, 3.63) is 102 Å². The van der Waals surface area contributed by atoms with Crippen LogP contribution in [-0.2, 0) is 5.41 Å². The van der Waals surface area contributed by atoms with Crippen LogP contribution in [0.4, 0.5) is 0 Å². The lowest BCUT2D eigenvalue weighted by atomic mass is 9.69. The highest BCUT2D eigenvalue weighted by Gasteiger charge is 2.32. The average molecular weight is 338 g/mol. The second kappa shape index (κ2) is 8.78. The minimum absolute atomic E-state index is 0.0392. The Balaban J connectivity index is 3.67. The first-order chi connectivity index (χ1) is 11.7. The molecule has 0 spiro atoms. The quantitative estimate of drug-likeness (QED) is 0.435. The highest BCUT2D eigenvalue weighted by Crippen LogP contribution is 2.41. The van der Waals surface area contributed by atoms with Gasteiger partial charge in [-0.15, -0.1) is 0 Å². The zero-order chi connectivity index (χ0) is 19.0. The molecule has 1 aromatic rings. The van der Waals surface area contributed by atoms with Gasteiger partial charge in [-0.3, -0.25) is 0 Å². The number of hydrogen-bond donors (Lipinski definition) is 3. The normalized spacial score (nSPS) is 15.9. The number of phenolic OH excluding ortho intramolecular Hbond substituents is 1. The van der Waals surface area contributed by atoms with E-state index < -0.39 is 5.41 Å². The van der Waals surface area contributed by atoms with Gasteiger partial charge in [0.05, 0.1) is 5.76 Å². The summed E-state index contributed by atoms with van der Waals surface area (Å²) in [6.07, 6.45) is 10.4. The monoisotopic (exact) mass is 338 g/mol. The van der Waals surface area contributed by atoms with Gasteiger partial charge in [0.25, 0.3) is 0 Å². The maximum Gasteiger partial charge on any atom is 0.115 e. The Hall–Kier alpha value is -2.94. The zero-order valence-electron chi connectivity index (χ0n) is 15.0. The predicted molar refractivity (Wildman–Crippen MR) is 105 cm³/mol. The standard InChI is InChI=1S/C22H26O3/c1-6-18(10-8-16(3)23)22(5,19(7-2)11-9-17(4)24)20-12-14-21(25)15-13-20/h6-15,23-25H,1,4H2,2-3,5H3/b11-9-,16-8+,18-10+,19-7+. The van der Waals surface area contributed by atoms with Crippen LogP contribution in [0.2, 0.25) is 0 Å². The lowest BCUT2D eigenvalue weighted by Gasteiger charge is -2.33. The molecule has 3 N–H and O–H groups in total. The molecule has 1 rings (SSSR count). The van der Waals surface area contributed by atoms with Crippen molar-refractivity contribution in [3.8, 4) is 5.75 Å². The van der Waals surface area contributed by atoms with Crippen molar-refractivity contribution in [1.82, 2.24) is 0 Å². The van der Waals surface area contributed by atoms with Gasteiger partial charge in [-0.1, -0.05) is 49.6 Å². The number of benzene rings is 1. The number of aromatic hydroxyl groups is 1. The number of rotatable bonds is 7. The number of aliphatic hydroxyl groups excluding tert-OH is 2. The maximum atomic E-state index is 9.62. The van der Waals surface area contributed by atoms with Crippen LogP contribution >= 0.6 is 0 Å². The van der Waals surface area contributed by atoms with E-state index in [2.05, 4.69) is 13.2 Å². The fraction of sp³-hybridized carbons (Fsp3) is 0.182. The topological polar surface area (TPSA) is 60.7 Å². The molecule has 0 fully saturated rings. The second-order valence-corrected chi connectivity index (χ2v) is 5.87. The Morgan fingerprint density at radius 2 is 1.64 bits per heavy atom. The number of aliphatic hydroxyl groups is 2. The molecule has 0 aromatic heterocycles. The largest absolute Gasteiger partial charge is 0.513 e. The summed E-state index contributed by atoms with van der Waals surface area (Å²) in [4.78, 5) is 0. The highest BCUT2D eigenvalue weighted by molar-refractivity contribution is 5.54. The van der Waals surface area contributed by atoms with Gasteiger partial charge in [-0.05, 0) is 61.8 Å². The van der Waals surface area contributed by atoms with E-state index in [0.29, 0.717) is 0 Å². The number of phenols is 1. The molecule has 0 amide bonds. The molecule has 0 saturated carbocycles. The van der Waals surface area contributed by atoms with Crippen molar-refractivity contribution in [2.24, 2.45) is 0 Å². The van der Waals surface area contributed by atoms with E-state index in [-0.39, 0.29) is 17.3 Å². The van der Waals surface area contributed by atoms with Crippen LogP contribution in [0.15, 0.2) is 96.5 Å². The maximum absolute atomic E-state index is 9.62. The molecular formula is C22H26O3. The Morgan fingerprint density at radius 3 is 2.08 bits per heavy atom. The molecule has 3 heteroatoms. The Bertz CT molecular complexity index is 742. The second-order valence-electron chi connectivity index (χ2n) is 5.87. The molecular weight excluding hydrogens is 312 g/mol. The molecule has 3 nitrogen and oxygen atoms in total. The molecule has 0 saturated heterocycles. The van der Waals surface area contributed by atoms with Crippen molar-refractivity contribution < 1.29 is 15.3 Å². The van der Waals surface area contributed by atoms with Crippen molar-refractivity contribution in [2.45, 2.75) is 26.2 Å². The van der Waals surface area contributed by atoms with Crippen LogP contribution in [0.3, 0.4) is 0 Å². The van der Waals surface area contributed by atoms with Gasteiger partial charge >= 0.3 is 0 Å². The molecule has 0 heterocycles. The molecule has 0 bridgehead atoms. The molecule has 25 heavy (non-hydrogen) atoms. The van der Waals surface area contributed by atoms with Crippen LogP contribution in [-0.4, -0.2) is 15.3 Å². The van der Waals surface area contributed by atoms with Crippen LogP contribution in [0, 0.1) is 0 Å². The molecule has 1 unspecified atom stereocenters. The number of allylic oxidation sites excluding steroid dienone is 9. The van der Waals surface area contributed by atoms with E-state index >= 15 is 0 Å². The average Bonchev–Trinajstić information content (AvgIpc) is 2.55. The lowest BCUT2D eigenvalue weighted by Crippen LogP contribution is -2.26.